The first kappa shape index (κ1) is 25.5. The van der Waals surface area contributed by atoms with E-state index in [4.69, 9.17) is 10.1 Å². The number of phenolic OH excluding ortho intramolecular Hbond substituents is 1. The molecule has 0 aliphatic heterocycles. The SMILES string of the molecule is CCOCCc1cc(C(=O)Cn2c(=N)n(Cc3ccccc3)c3ccccc32)cc(C(C)(C)C)c1O. The van der Waals surface area contributed by atoms with Gasteiger partial charge in [-0.15, -0.1) is 0 Å². The normalized spacial score (nSPS) is 11.8. The first-order valence-corrected chi connectivity index (χ1v) is 12.4. The molecule has 188 valence electrons. The van der Waals surface area contributed by atoms with E-state index in [1.54, 1.807) is 16.7 Å². The molecule has 36 heavy (non-hydrogen) atoms. The van der Waals surface area contributed by atoms with E-state index in [1.165, 1.54) is 0 Å². The van der Waals surface area contributed by atoms with Gasteiger partial charge >= 0.3 is 0 Å². The van der Waals surface area contributed by atoms with Crippen LogP contribution in [0.3, 0.4) is 0 Å². The first-order valence-electron chi connectivity index (χ1n) is 12.4. The van der Waals surface area contributed by atoms with Crippen molar-refractivity contribution in [2.45, 2.75) is 52.6 Å². The Balaban J connectivity index is 1.73. The fourth-order valence-electron chi connectivity index (χ4n) is 4.56. The lowest BCUT2D eigenvalue weighted by atomic mass is 9.83. The van der Waals surface area contributed by atoms with E-state index in [0.717, 1.165) is 22.2 Å². The van der Waals surface area contributed by atoms with Crippen LogP contribution in [-0.2, 0) is 29.7 Å². The number of rotatable bonds is 9. The molecule has 2 N–H and O–H groups in total. The maximum absolute atomic E-state index is 13.6. The highest BCUT2D eigenvalue weighted by molar-refractivity contribution is 5.97. The number of hydrogen-bond donors (Lipinski definition) is 2. The van der Waals surface area contributed by atoms with E-state index >= 15 is 0 Å². The molecule has 3 aromatic carbocycles. The number of carbonyl (C=O) groups is 1. The number of aromatic nitrogens is 2. The maximum Gasteiger partial charge on any atom is 0.203 e. The van der Waals surface area contributed by atoms with Crippen LogP contribution >= 0.6 is 0 Å². The molecular weight excluding hydrogens is 450 g/mol. The van der Waals surface area contributed by atoms with Gasteiger partial charge in [-0.1, -0.05) is 63.2 Å². The van der Waals surface area contributed by atoms with Gasteiger partial charge in [0, 0.05) is 17.7 Å². The molecule has 0 bridgehead atoms. The smallest absolute Gasteiger partial charge is 0.203 e. The minimum Gasteiger partial charge on any atom is -0.507 e. The summed E-state index contributed by atoms with van der Waals surface area (Å²) in [6.07, 6.45) is 0.525. The monoisotopic (exact) mass is 485 g/mol. The number of carbonyl (C=O) groups excluding carboxylic acids is 1. The lowest BCUT2D eigenvalue weighted by Crippen LogP contribution is -2.28. The van der Waals surface area contributed by atoms with Gasteiger partial charge in [0.25, 0.3) is 0 Å². The van der Waals surface area contributed by atoms with Crippen LogP contribution in [0.25, 0.3) is 11.0 Å². The second-order valence-corrected chi connectivity index (χ2v) is 10.1. The number of para-hydroxylation sites is 2. The van der Waals surface area contributed by atoms with Gasteiger partial charge in [0.05, 0.1) is 30.7 Å². The molecule has 4 aromatic rings. The van der Waals surface area contributed by atoms with E-state index in [1.807, 2.05) is 86.9 Å². The molecule has 6 heteroatoms. The van der Waals surface area contributed by atoms with Crippen molar-refractivity contribution in [1.29, 1.82) is 5.41 Å². The predicted molar refractivity (Wildman–Crippen MR) is 143 cm³/mol. The zero-order valence-electron chi connectivity index (χ0n) is 21.5. The quantitative estimate of drug-likeness (QED) is 0.245. The molecule has 1 aromatic heterocycles. The van der Waals surface area contributed by atoms with Crippen molar-refractivity contribution in [3.63, 3.8) is 0 Å². The van der Waals surface area contributed by atoms with E-state index in [-0.39, 0.29) is 29.1 Å². The minimum atomic E-state index is -0.333. The molecule has 0 atom stereocenters. The van der Waals surface area contributed by atoms with Gasteiger partial charge in [-0.2, -0.15) is 0 Å². The number of Topliss-reactive ketones (excluding diaryl/α,β-unsaturated/α-hetero) is 1. The highest BCUT2D eigenvalue weighted by atomic mass is 16.5. The summed E-state index contributed by atoms with van der Waals surface area (Å²) >= 11 is 0. The molecule has 0 radical (unpaired) electrons. The number of imidazole rings is 1. The van der Waals surface area contributed by atoms with Crippen molar-refractivity contribution >= 4 is 16.8 Å². The lowest BCUT2D eigenvalue weighted by Gasteiger charge is -2.23. The van der Waals surface area contributed by atoms with Crippen molar-refractivity contribution in [3.05, 3.63) is 94.6 Å². The molecule has 0 saturated heterocycles. The Morgan fingerprint density at radius 1 is 0.972 bits per heavy atom. The van der Waals surface area contributed by atoms with Crippen molar-refractivity contribution in [3.8, 4) is 5.75 Å². The van der Waals surface area contributed by atoms with Gasteiger partial charge in [0.1, 0.15) is 5.75 Å². The predicted octanol–water partition coefficient (Wildman–Crippen LogP) is 5.44. The fourth-order valence-corrected chi connectivity index (χ4v) is 4.56. The molecule has 0 spiro atoms. The Labute approximate surface area is 212 Å². The van der Waals surface area contributed by atoms with Crippen LogP contribution in [0.15, 0.2) is 66.7 Å². The molecule has 0 saturated carbocycles. The molecule has 6 nitrogen and oxygen atoms in total. The van der Waals surface area contributed by atoms with Gasteiger partial charge in [0.2, 0.25) is 5.62 Å². The molecule has 0 aliphatic carbocycles. The molecule has 1 heterocycles. The Morgan fingerprint density at radius 2 is 1.61 bits per heavy atom. The molecular formula is C30H35N3O3. The van der Waals surface area contributed by atoms with Crippen LogP contribution in [0.2, 0.25) is 0 Å². The Hall–Kier alpha value is -3.64. The number of ether oxygens (including phenoxy) is 1. The number of nitrogens with zero attached hydrogens (tertiary/aromatic N) is 2. The topological polar surface area (TPSA) is 80.2 Å². The second kappa shape index (κ2) is 10.5. The lowest BCUT2D eigenvalue weighted by molar-refractivity contribution is 0.0971. The minimum absolute atomic E-state index is 0.0421. The Bertz CT molecular complexity index is 1430. The van der Waals surface area contributed by atoms with Crippen molar-refractivity contribution in [2.24, 2.45) is 0 Å². The summed E-state index contributed by atoms with van der Waals surface area (Å²) in [7, 11) is 0. The zero-order chi connectivity index (χ0) is 25.9. The highest BCUT2D eigenvalue weighted by Gasteiger charge is 2.24. The average Bonchev–Trinajstić information content (AvgIpc) is 3.11. The van der Waals surface area contributed by atoms with Crippen molar-refractivity contribution in [1.82, 2.24) is 9.13 Å². The summed E-state index contributed by atoms with van der Waals surface area (Å²) in [4.78, 5) is 13.6. The first-order chi connectivity index (χ1) is 17.2. The number of benzene rings is 3. The van der Waals surface area contributed by atoms with Gasteiger partial charge < -0.3 is 19.0 Å². The van der Waals surface area contributed by atoms with Crippen LogP contribution in [0, 0.1) is 5.41 Å². The molecule has 4 rings (SSSR count). The zero-order valence-corrected chi connectivity index (χ0v) is 21.5. The average molecular weight is 486 g/mol. The van der Waals surface area contributed by atoms with Gasteiger partial charge in [-0.25, -0.2) is 0 Å². The third-order valence-electron chi connectivity index (χ3n) is 6.50. The number of phenols is 1. The number of hydrogen-bond acceptors (Lipinski definition) is 4. The Kier molecular flexibility index (Phi) is 7.45. The summed E-state index contributed by atoms with van der Waals surface area (Å²) in [6.45, 7) is 9.68. The van der Waals surface area contributed by atoms with Gasteiger partial charge in [0.15, 0.2) is 5.78 Å². The molecule has 0 fully saturated rings. The van der Waals surface area contributed by atoms with Crippen LogP contribution < -0.4 is 5.62 Å². The second-order valence-electron chi connectivity index (χ2n) is 10.1. The summed E-state index contributed by atoms with van der Waals surface area (Å²) in [5.74, 6) is 0.131. The fraction of sp³-hybridized carbons (Fsp3) is 0.333. The summed E-state index contributed by atoms with van der Waals surface area (Å²) in [5, 5.41) is 19.9. The standard InChI is InChI=1S/C30H35N3O3/c1-5-36-16-15-22-17-23(18-24(28(22)35)30(2,3)4)27(34)20-33-26-14-10-9-13-25(26)32(29(33)31)19-21-11-7-6-8-12-21/h6-14,17-18,31,35H,5,15-16,19-20H2,1-4H3. The largest absolute Gasteiger partial charge is 0.507 e. The van der Waals surface area contributed by atoms with Crippen molar-refractivity contribution < 1.29 is 14.6 Å². The summed E-state index contributed by atoms with van der Waals surface area (Å²) < 4.78 is 9.20. The van der Waals surface area contributed by atoms with Crippen LogP contribution in [-0.4, -0.2) is 33.2 Å². The van der Waals surface area contributed by atoms with Gasteiger partial charge in [-0.3, -0.25) is 10.2 Å². The van der Waals surface area contributed by atoms with Crippen molar-refractivity contribution in [2.75, 3.05) is 13.2 Å². The molecule has 0 amide bonds. The molecule has 0 unspecified atom stereocenters. The summed E-state index contributed by atoms with van der Waals surface area (Å²) in [6, 6.07) is 21.4. The van der Waals surface area contributed by atoms with E-state index in [2.05, 4.69) is 0 Å². The Morgan fingerprint density at radius 3 is 2.25 bits per heavy atom. The maximum atomic E-state index is 13.6. The highest BCUT2D eigenvalue weighted by Crippen LogP contribution is 2.35. The van der Waals surface area contributed by atoms with E-state index in [0.29, 0.717) is 37.3 Å². The summed E-state index contributed by atoms with van der Waals surface area (Å²) in [5.41, 5.74) is 4.79. The number of nitrogens with one attached hydrogen (secondary N) is 1. The van der Waals surface area contributed by atoms with Crippen LogP contribution in [0.4, 0.5) is 0 Å². The number of aromatic hydroxyl groups is 1. The van der Waals surface area contributed by atoms with E-state index < -0.39 is 0 Å². The third-order valence-corrected chi connectivity index (χ3v) is 6.50. The number of ketones is 1. The van der Waals surface area contributed by atoms with E-state index in [9.17, 15) is 9.90 Å². The van der Waals surface area contributed by atoms with Gasteiger partial charge in [-0.05, 0) is 54.2 Å². The van der Waals surface area contributed by atoms with Crippen LogP contribution in [0.5, 0.6) is 5.75 Å². The molecule has 0 aliphatic rings. The number of fused-ring (bicyclic) bond motifs is 1. The third kappa shape index (κ3) is 5.29. The van der Waals surface area contributed by atoms with Crippen LogP contribution in [0.1, 0.15) is 54.7 Å².